The molecule has 112 valence electrons. The minimum absolute atomic E-state index is 0.221. The van der Waals surface area contributed by atoms with E-state index in [2.05, 4.69) is 84.3 Å². The van der Waals surface area contributed by atoms with Gasteiger partial charge in [-0.05, 0) is 24.6 Å². The van der Waals surface area contributed by atoms with Gasteiger partial charge in [0.1, 0.15) is 5.82 Å². The Morgan fingerprint density at radius 2 is 1.35 bits per heavy atom. The zero-order chi connectivity index (χ0) is 15.6. The van der Waals surface area contributed by atoms with E-state index in [4.69, 9.17) is 4.98 Å². The number of hydrogen-bond donors (Lipinski definition) is 0. The molecule has 0 saturated carbocycles. The summed E-state index contributed by atoms with van der Waals surface area (Å²) in [5.41, 5.74) is 4.64. The normalized spacial score (nSPS) is 12.4. The van der Waals surface area contributed by atoms with Gasteiger partial charge in [0, 0.05) is 5.56 Å². The van der Waals surface area contributed by atoms with Crippen molar-refractivity contribution in [1.29, 1.82) is 0 Å². The number of benzene rings is 3. The molecule has 2 nitrogen and oxygen atoms in total. The topological polar surface area (TPSA) is 17.8 Å². The molecule has 0 aliphatic heterocycles. The Morgan fingerprint density at radius 3 is 2.09 bits per heavy atom. The minimum Gasteiger partial charge on any atom is -0.317 e. The lowest BCUT2D eigenvalue weighted by Gasteiger charge is -2.18. The summed E-state index contributed by atoms with van der Waals surface area (Å²) in [6, 6.07) is 29.6. The molecule has 3 aromatic carbocycles. The molecule has 0 radical (unpaired) electrons. The summed E-state index contributed by atoms with van der Waals surface area (Å²) < 4.78 is 2.33. The van der Waals surface area contributed by atoms with Crippen molar-refractivity contribution in [3.63, 3.8) is 0 Å². The van der Waals surface area contributed by atoms with Crippen molar-refractivity contribution in [2.75, 3.05) is 0 Å². The molecule has 23 heavy (non-hydrogen) atoms. The van der Waals surface area contributed by atoms with E-state index in [1.165, 1.54) is 11.1 Å². The number of imidazole rings is 1. The minimum atomic E-state index is 0.221. The van der Waals surface area contributed by atoms with Crippen LogP contribution in [0.4, 0.5) is 0 Å². The highest BCUT2D eigenvalue weighted by Gasteiger charge is 2.17. The van der Waals surface area contributed by atoms with Gasteiger partial charge in [0.25, 0.3) is 0 Å². The Balaban J connectivity index is 1.97. The molecular weight excluding hydrogens is 280 g/mol. The fourth-order valence-corrected chi connectivity index (χ4v) is 3.11. The Morgan fingerprint density at radius 1 is 0.739 bits per heavy atom. The van der Waals surface area contributed by atoms with Crippen LogP contribution in [0.25, 0.3) is 22.4 Å². The highest BCUT2D eigenvalue weighted by atomic mass is 15.1. The first-order valence-electron chi connectivity index (χ1n) is 7.92. The van der Waals surface area contributed by atoms with E-state index < -0.39 is 0 Å². The lowest BCUT2D eigenvalue weighted by Crippen LogP contribution is -2.08. The largest absolute Gasteiger partial charge is 0.317 e. The molecule has 0 bridgehead atoms. The predicted molar refractivity (Wildman–Crippen MR) is 95.4 cm³/mol. The van der Waals surface area contributed by atoms with Gasteiger partial charge in [-0.3, -0.25) is 0 Å². The fourth-order valence-electron chi connectivity index (χ4n) is 3.11. The van der Waals surface area contributed by atoms with Gasteiger partial charge in [-0.25, -0.2) is 4.98 Å². The molecule has 0 aliphatic rings. The summed E-state index contributed by atoms with van der Waals surface area (Å²) in [6.45, 7) is 2.23. The molecule has 0 fully saturated rings. The standard InChI is InChI=1S/C21H18N2/c1-16(17-10-4-2-5-11-17)23-20-15-9-8-14-19(20)22-21(23)18-12-6-3-7-13-18/h2-16H,1H3/t16-/m0/s1. The average molecular weight is 298 g/mol. The van der Waals surface area contributed by atoms with Crippen molar-refractivity contribution in [3.05, 3.63) is 90.5 Å². The monoisotopic (exact) mass is 298 g/mol. The third-order valence-corrected chi connectivity index (χ3v) is 4.30. The summed E-state index contributed by atoms with van der Waals surface area (Å²) in [4.78, 5) is 4.89. The molecule has 4 aromatic rings. The van der Waals surface area contributed by atoms with Gasteiger partial charge in [-0.1, -0.05) is 72.8 Å². The van der Waals surface area contributed by atoms with E-state index in [9.17, 15) is 0 Å². The molecule has 0 spiro atoms. The molecule has 0 amide bonds. The van der Waals surface area contributed by atoms with Gasteiger partial charge >= 0.3 is 0 Å². The van der Waals surface area contributed by atoms with E-state index >= 15 is 0 Å². The highest BCUT2D eigenvalue weighted by Crippen LogP contribution is 2.31. The molecule has 4 rings (SSSR count). The smallest absolute Gasteiger partial charge is 0.141 e. The first-order valence-corrected chi connectivity index (χ1v) is 7.92. The summed E-state index contributed by atoms with van der Waals surface area (Å²) >= 11 is 0. The summed E-state index contributed by atoms with van der Waals surface area (Å²) in [5.74, 6) is 1.02. The van der Waals surface area contributed by atoms with Crippen LogP contribution in [0, 0.1) is 0 Å². The van der Waals surface area contributed by atoms with Crippen molar-refractivity contribution in [2.24, 2.45) is 0 Å². The van der Waals surface area contributed by atoms with Gasteiger partial charge in [-0.2, -0.15) is 0 Å². The van der Waals surface area contributed by atoms with Gasteiger partial charge in [0.05, 0.1) is 17.1 Å². The average Bonchev–Trinajstić information content (AvgIpc) is 3.02. The maximum Gasteiger partial charge on any atom is 0.141 e. The third-order valence-electron chi connectivity index (χ3n) is 4.30. The molecule has 0 aliphatic carbocycles. The van der Waals surface area contributed by atoms with Crippen LogP contribution in [-0.2, 0) is 0 Å². The number of para-hydroxylation sites is 2. The van der Waals surface area contributed by atoms with E-state index in [-0.39, 0.29) is 6.04 Å². The van der Waals surface area contributed by atoms with Crippen LogP contribution >= 0.6 is 0 Å². The quantitative estimate of drug-likeness (QED) is 0.501. The van der Waals surface area contributed by atoms with Crippen LogP contribution < -0.4 is 0 Å². The van der Waals surface area contributed by atoms with Crippen molar-refractivity contribution < 1.29 is 0 Å². The van der Waals surface area contributed by atoms with Crippen LogP contribution in [0.3, 0.4) is 0 Å². The Labute approximate surface area is 136 Å². The number of hydrogen-bond acceptors (Lipinski definition) is 1. The van der Waals surface area contributed by atoms with Gasteiger partial charge < -0.3 is 4.57 Å². The van der Waals surface area contributed by atoms with E-state index in [1.54, 1.807) is 0 Å². The number of aromatic nitrogens is 2. The molecule has 1 heterocycles. The second-order valence-electron chi connectivity index (χ2n) is 5.75. The Hall–Kier alpha value is -2.87. The SMILES string of the molecule is C[C@@H](c1ccccc1)n1c(-c2ccccc2)nc2ccccc21. The third kappa shape index (κ3) is 2.42. The van der Waals surface area contributed by atoms with E-state index in [0.29, 0.717) is 0 Å². The predicted octanol–water partition coefficient (Wildman–Crippen LogP) is 5.31. The van der Waals surface area contributed by atoms with E-state index in [1.807, 2.05) is 12.1 Å². The zero-order valence-electron chi connectivity index (χ0n) is 13.1. The van der Waals surface area contributed by atoms with Crippen LogP contribution in [0.1, 0.15) is 18.5 Å². The summed E-state index contributed by atoms with van der Waals surface area (Å²) in [6.07, 6.45) is 0. The second kappa shape index (κ2) is 5.73. The Kier molecular flexibility index (Phi) is 3.43. The van der Waals surface area contributed by atoms with Crippen molar-refractivity contribution in [3.8, 4) is 11.4 Å². The van der Waals surface area contributed by atoms with Gasteiger partial charge in [0.2, 0.25) is 0 Å². The molecule has 1 atom stereocenters. The lowest BCUT2D eigenvalue weighted by atomic mass is 10.1. The maximum absolute atomic E-state index is 4.89. The van der Waals surface area contributed by atoms with Crippen LogP contribution in [-0.4, -0.2) is 9.55 Å². The van der Waals surface area contributed by atoms with E-state index in [0.717, 1.165) is 16.9 Å². The number of rotatable bonds is 3. The first kappa shape index (κ1) is 13.8. The molecular formula is C21H18N2. The Bertz CT molecular complexity index is 924. The first-order chi connectivity index (χ1) is 11.3. The summed E-state index contributed by atoms with van der Waals surface area (Å²) in [5, 5.41) is 0. The maximum atomic E-state index is 4.89. The molecule has 0 N–H and O–H groups in total. The summed E-state index contributed by atoms with van der Waals surface area (Å²) in [7, 11) is 0. The molecule has 0 unspecified atom stereocenters. The zero-order valence-corrected chi connectivity index (χ0v) is 13.1. The molecule has 1 aromatic heterocycles. The lowest BCUT2D eigenvalue weighted by molar-refractivity contribution is 0.665. The molecule has 2 heteroatoms. The van der Waals surface area contributed by atoms with Crippen molar-refractivity contribution in [2.45, 2.75) is 13.0 Å². The van der Waals surface area contributed by atoms with Gasteiger partial charge in [0.15, 0.2) is 0 Å². The number of fused-ring (bicyclic) bond motifs is 1. The van der Waals surface area contributed by atoms with Crippen molar-refractivity contribution in [1.82, 2.24) is 9.55 Å². The highest BCUT2D eigenvalue weighted by molar-refractivity contribution is 5.81. The number of nitrogens with zero attached hydrogens (tertiary/aromatic N) is 2. The van der Waals surface area contributed by atoms with Crippen LogP contribution in [0.15, 0.2) is 84.9 Å². The molecule has 0 saturated heterocycles. The van der Waals surface area contributed by atoms with Crippen LogP contribution in [0.2, 0.25) is 0 Å². The second-order valence-corrected chi connectivity index (χ2v) is 5.75. The van der Waals surface area contributed by atoms with Gasteiger partial charge in [-0.15, -0.1) is 0 Å². The van der Waals surface area contributed by atoms with Crippen LogP contribution in [0.5, 0.6) is 0 Å². The fraction of sp³-hybridized carbons (Fsp3) is 0.0952. The van der Waals surface area contributed by atoms with Crippen molar-refractivity contribution >= 4 is 11.0 Å².